The molecule has 0 radical (unpaired) electrons. The highest BCUT2D eigenvalue weighted by molar-refractivity contribution is 7.87. The number of rotatable bonds is 5. The molecule has 11 heteroatoms. The lowest BCUT2D eigenvalue weighted by atomic mass is 10.0. The number of hydrogen-bond donors (Lipinski definition) is 1. The van der Waals surface area contributed by atoms with Crippen molar-refractivity contribution in [3.8, 4) is 0 Å². The van der Waals surface area contributed by atoms with Gasteiger partial charge in [-0.2, -0.15) is 21.6 Å². The Balaban J connectivity index is 1.83. The monoisotopic (exact) mass is 387 g/mol. The van der Waals surface area contributed by atoms with Crippen molar-refractivity contribution in [3.05, 3.63) is 11.8 Å². The van der Waals surface area contributed by atoms with Crippen molar-refractivity contribution in [1.82, 2.24) is 4.90 Å². The molecule has 0 aromatic rings. The van der Waals surface area contributed by atoms with Crippen LogP contribution in [-0.4, -0.2) is 55.3 Å². The molecule has 1 aliphatic carbocycles. The van der Waals surface area contributed by atoms with E-state index in [-0.39, 0.29) is 37.4 Å². The molecule has 2 unspecified atom stereocenters. The Kier molecular flexibility index (Phi) is 6.20. The van der Waals surface area contributed by atoms with Crippen molar-refractivity contribution in [1.29, 1.82) is 0 Å². The number of carbonyl (C=O) groups is 1. The molecule has 0 bridgehead atoms. The van der Waals surface area contributed by atoms with E-state index in [1.54, 1.807) is 0 Å². The average Bonchev–Trinajstić information content (AvgIpc) is 2.53. The maximum Gasteiger partial charge on any atom is 0.534 e. The van der Waals surface area contributed by atoms with Gasteiger partial charge in [-0.15, -0.1) is 0 Å². The lowest BCUT2D eigenvalue weighted by molar-refractivity contribution is -0.0528. The molecule has 0 spiro atoms. The fourth-order valence-corrected chi connectivity index (χ4v) is 3.40. The Bertz CT molecular complexity index is 619. The van der Waals surface area contributed by atoms with Crippen LogP contribution in [0, 0.1) is 0 Å². The first-order chi connectivity index (χ1) is 11.6. The van der Waals surface area contributed by atoms with E-state index in [4.69, 9.17) is 9.84 Å². The average molecular weight is 387 g/mol. The number of carboxylic acid groups (broad SMARTS) is 1. The quantitative estimate of drug-likeness (QED) is 0.576. The molecule has 1 N–H and O–H groups in total. The minimum atomic E-state index is -5.64. The summed E-state index contributed by atoms with van der Waals surface area (Å²) in [5.41, 5.74) is -5.46. The van der Waals surface area contributed by atoms with Crippen molar-refractivity contribution in [3.63, 3.8) is 0 Å². The smallest absolute Gasteiger partial charge is 0.465 e. The van der Waals surface area contributed by atoms with Gasteiger partial charge in [0.25, 0.3) is 0 Å². The van der Waals surface area contributed by atoms with Crippen molar-refractivity contribution in [2.75, 3.05) is 13.2 Å². The minimum Gasteiger partial charge on any atom is -0.465 e. The van der Waals surface area contributed by atoms with Crippen molar-refractivity contribution in [2.24, 2.45) is 0 Å². The van der Waals surface area contributed by atoms with E-state index in [0.717, 1.165) is 12.8 Å². The van der Waals surface area contributed by atoms with E-state index in [1.807, 2.05) is 0 Å². The summed E-state index contributed by atoms with van der Waals surface area (Å²) in [6, 6.07) is -0.238. The summed E-state index contributed by atoms with van der Waals surface area (Å²) in [6.45, 7) is 0.670. The van der Waals surface area contributed by atoms with Gasteiger partial charge in [-0.3, -0.25) is 0 Å². The lowest BCUT2D eigenvalue weighted by Gasteiger charge is -2.34. The number of ether oxygens (including phenoxy) is 1. The molecule has 2 atom stereocenters. The standard InChI is InChI=1S/C14H20F3NO6S/c15-14(16,17)25(21,22)24-12-6-4-11(5-7-12)23-9-10-3-1-2-8-18(10)13(19)20/h6,10-11H,1-5,7-9H2,(H,19,20). The second-order valence-electron chi connectivity index (χ2n) is 6.01. The highest BCUT2D eigenvalue weighted by atomic mass is 32.2. The number of alkyl halides is 3. The number of hydrogen-bond acceptors (Lipinski definition) is 5. The van der Waals surface area contributed by atoms with Crippen LogP contribution in [0.1, 0.15) is 38.5 Å². The molecule has 1 saturated heterocycles. The molecule has 0 saturated carbocycles. The molecule has 7 nitrogen and oxygen atoms in total. The Morgan fingerprint density at radius 2 is 2.04 bits per heavy atom. The molecule has 2 aliphatic rings. The van der Waals surface area contributed by atoms with Crippen LogP contribution >= 0.6 is 0 Å². The van der Waals surface area contributed by atoms with Crippen LogP contribution in [0.5, 0.6) is 0 Å². The van der Waals surface area contributed by atoms with Crippen LogP contribution in [0.4, 0.5) is 18.0 Å². The van der Waals surface area contributed by atoms with Gasteiger partial charge >= 0.3 is 21.7 Å². The zero-order valence-corrected chi connectivity index (χ0v) is 14.2. The highest BCUT2D eigenvalue weighted by Crippen LogP contribution is 2.30. The Labute approximate surface area is 143 Å². The van der Waals surface area contributed by atoms with Gasteiger partial charge in [-0.05, 0) is 38.2 Å². The number of halogens is 3. The van der Waals surface area contributed by atoms with E-state index >= 15 is 0 Å². The van der Waals surface area contributed by atoms with Gasteiger partial charge in [0.2, 0.25) is 0 Å². The van der Waals surface area contributed by atoms with Crippen molar-refractivity contribution in [2.45, 2.75) is 56.2 Å². The molecule has 1 heterocycles. The molecular formula is C14H20F3NO6S. The molecule has 1 amide bonds. The van der Waals surface area contributed by atoms with E-state index in [2.05, 4.69) is 4.18 Å². The Morgan fingerprint density at radius 1 is 1.32 bits per heavy atom. The number of piperidine rings is 1. The second-order valence-corrected chi connectivity index (χ2v) is 7.55. The van der Waals surface area contributed by atoms with Gasteiger partial charge in [0.15, 0.2) is 0 Å². The van der Waals surface area contributed by atoms with Gasteiger partial charge in [0.05, 0.1) is 18.8 Å². The fraction of sp³-hybridized carbons (Fsp3) is 0.786. The zero-order valence-electron chi connectivity index (χ0n) is 13.4. The number of amides is 1. The zero-order chi connectivity index (χ0) is 18.7. The predicted molar refractivity (Wildman–Crippen MR) is 80.1 cm³/mol. The summed E-state index contributed by atoms with van der Waals surface area (Å²) < 4.78 is 68.5. The van der Waals surface area contributed by atoms with Crippen molar-refractivity contribution < 1.29 is 40.4 Å². The van der Waals surface area contributed by atoms with Crippen molar-refractivity contribution >= 4 is 16.2 Å². The Hall–Kier alpha value is -1.49. The number of likely N-dealkylation sites (tertiary alicyclic amines) is 1. The van der Waals surface area contributed by atoms with Crippen LogP contribution < -0.4 is 0 Å². The molecule has 1 fully saturated rings. The van der Waals surface area contributed by atoms with Gasteiger partial charge in [0, 0.05) is 13.0 Å². The molecule has 25 heavy (non-hydrogen) atoms. The number of nitrogens with zero attached hydrogens (tertiary/aromatic N) is 1. The van der Waals surface area contributed by atoms with Crippen LogP contribution in [0.25, 0.3) is 0 Å². The first-order valence-electron chi connectivity index (χ1n) is 7.91. The maximum atomic E-state index is 12.3. The SMILES string of the molecule is O=C(O)N1CCCCC1COC1CC=C(OS(=O)(=O)C(F)(F)F)CC1. The van der Waals surface area contributed by atoms with Crippen LogP contribution in [0.3, 0.4) is 0 Å². The maximum absolute atomic E-state index is 12.3. The summed E-state index contributed by atoms with van der Waals surface area (Å²) in [5, 5.41) is 9.15. The minimum absolute atomic E-state index is 0.00723. The van der Waals surface area contributed by atoms with Crippen LogP contribution in [0.2, 0.25) is 0 Å². The number of allylic oxidation sites excluding steroid dienone is 1. The van der Waals surface area contributed by atoms with E-state index in [1.165, 1.54) is 11.0 Å². The summed E-state index contributed by atoms with van der Waals surface area (Å²) in [5.74, 6) is -0.248. The van der Waals surface area contributed by atoms with Gasteiger partial charge in [-0.25, -0.2) is 4.79 Å². The topological polar surface area (TPSA) is 93.1 Å². The predicted octanol–water partition coefficient (Wildman–Crippen LogP) is 2.84. The summed E-state index contributed by atoms with van der Waals surface area (Å²) in [4.78, 5) is 12.5. The van der Waals surface area contributed by atoms with Gasteiger partial charge < -0.3 is 18.9 Å². The van der Waals surface area contributed by atoms with E-state index in [9.17, 15) is 26.4 Å². The van der Waals surface area contributed by atoms with Gasteiger partial charge in [-0.1, -0.05) is 0 Å². The normalized spacial score (nSPS) is 25.4. The molecule has 1 aliphatic heterocycles. The first-order valence-corrected chi connectivity index (χ1v) is 9.32. The molecule has 0 aromatic carbocycles. The summed E-state index contributed by atoms with van der Waals surface area (Å²) in [6.07, 6.45) is 2.91. The molecule has 0 aromatic heterocycles. The third kappa shape index (κ3) is 5.24. The Morgan fingerprint density at radius 3 is 2.60 bits per heavy atom. The van der Waals surface area contributed by atoms with E-state index < -0.39 is 21.7 Å². The largest absolute Gasteiger partial charge is 0.534 e. The third-order valence-corrected chi connectivity index (χ3v) is 5.22. The summed E-state index contributed by atoms with van der Waals surface area (Å²) >= 11 is 0. The fourth-order valence-electron chi connectivity index (χ4n) is 2.87. The van der Waals surface area contributed by atoms with Gasteiger partial charge in [0.1, 0.15) is 5.76 Å². The third-order valence-electron chi connectivity index (χ3n) is 4.22. The molecular weight excluding hydrogens is 367 g/mol. The van der Waals surface area contributed by atoms with Crippen LogP contribution in [-0.2, 0) is 19.0 Å². The first kappa shape index (κ1) is 19.8. The van der Waals surface area contributed by atoms with E-state index in [0.29, 0.717) is 19.4 Å². The second kappa shape index (κ2) is 7.81. The molecule has 2 rings (SSSR count). The summed E-state index contributed by atoms with van der Waals surface area (Å²) in [7, 11) is -5.64. The molecule has 144 valence electrons. The highest BCUT2D eigenvalue weighted by Gasteiger charge is 2.49. The van der Waals surface area contributed by atoms with Crippen LogP contribution in [0.15, 0.2) is 11.8 Å². The lowest BCUT2D eigenvalue weighted by Crippen LogP contribution is -2.46.